The van der Waals surface area contributed by atoms with E-state index in [2.05, 4.69) is 15.7 Å². The Kier molecular flexibility index (Phi) is 2.10. The van der Waals surface area contributed by atoms with Gasteiger partial charge in [-0.1, -0.05) is 0 Å². The number of aromatic nitrogens is 2. The molecule has 5 nitrogen and oxygen atoms in total. The van der Waals surface area contributed by atoms with Crippen LogP contribution >= 0.6 is 0 Å². The summed E-state index contributed by atoms with van der Waals surface area (Å²) in [6.45, 7) is 0. The maximum atomic E-state index is 10.8. The lowest BCUT2D eigenvalue weighted by Gasteiger charge is -2.02. The first-order valence-corrected chi connectivity index (χ1v) is 3.21. The van der Waals surface area contributed by atoms with Crippen LogP contribution in [0.5, 0.6) is 0 Å². The summed E-state index contributed by atoms with van der Waals surface area (Å²) < 4.78 is 1.58. The molecule has 0 aliphatic rings. The van der Waals surface area contributed by atoms with Gasteiger partial charge in [-0.15, -0.1) is 0 Å². The van der Waals surface area contributed by atoms with Gasteiger partial charge in [0.1, 0.15) is 5.82 Å². The highest BCUT2D eigenvalue weighted by Gasteiger charge is 2.00. The topological polar surface area (TPSA) is 59.0 Å². The van der Waals surface area contributed by atoms with E-state index >= 15 is 0 Å². The van der Waals surface area contributed by atoms with Gasteiger partial charge in [0.15, 0.2) is 0 Å². The average Bonchev–Trinajstić information content (AvgIpc) is 2.37. The Labute approximate surface area is 64.4 Å². The van der Waals surface area contributed by atoms with Crippen molar-refractivity contribution in [3.8, 4) is 0 Å². The van der Waals surface area contributed by atoms with E-state index in [-0.39, 0.29) is 6.03 Å². The molecule has 0 radical (unpaired) electrons. The van der Waals surface area contributed by atoms with Crippen molar-refractivity contribution >= 4 is 11.8 Å². The van der Waals surface area contributed by atoms with Crippen LogP contribution in [0.2, 0.25) is 0 Å². The fraction of sp³-hybridized carbons (Fsp3) is 0.333. The minimum absolute atomic E-state index is 0.242. The standard InChI is InChI=1S/C6H10N4O/c1-7-6(11)9-5-3-4-8-10(5)2/h3-4H,1-2H3,(H2,7,9,11). The van der Waals surface area contributed by atoms with Gasteiger partial charge in [-0.25, -0.2) is 4.79 Å². The molecule has 2 N–H and O–H groups in total. The predicted octanol–water partition coefficient (Wildman–Crippen LogP) is 0.171. The van der Waals surface area contributed by atoms with Gasteiger partial charge in [0.2, 0.25) is 0 Å². The lowest BCUT2D eigenvalue weighted by Crippen LogP contribution is -2.25. The van der Waals surface area contributed by atoms with Gasteiger partial charge < -0.3 is 5.32 Å². The van der Waals surface area contributed by atoms with Crippen molar-refractivity contribution < 1.29 is 4.79 Å². The second kappa shape index (κ2) is 3.05. The number of hydrogen-bond acceptors (Lipinski definition) is 2. The quantitative estimate of drug-likeness (QED) is 0.605. The summed E-state index contributed by atoms with van der Waals surface area (Å²) in [7, 11) is 3.32. The summed E-state index contributed by atoms with van der Waals surface area (Å²) in [5.41, 5.74) is 0. The minimum Gasteiger partial charge on any atom is -0.341 e. The second-order valence-electron chi connectivity index (χ2n) is 2.04. The van der Waals surface area contributed by atoms with Crippen LogP contribution in [0, 0.1) is 0 Å². The normalized spacial score (nSPS) is 9.27. The number of nitrogens with one attached hydrogen (secondary N) is 2. The molecule has 5 heteroatoms. The SMILES string of the molecule is CNC(=O)Nc1ccnn1C. The number of urea groups is 1. The smallest absolute Gasteiger partial charge is 0.320 e. The zero-order valence-electron chi connectivity index (χ0n) is 6.46. The molecule has 1 aromatic heterocycles. The number of aryl methyl sites for hydroxylation is 1. The van der Waals surface area contributed by atoms with E-state index in [1.54, 1.807) is 31.0 Å². The molecule has 1 heterocycles. The van der Waals surface area contributed by atoms with E-state index in [0.29, 0.717) is 5.82 Å². The zero-order chi connectivity index (χ0) is 8.27. The molecule has 0 aliphatic carbocycles. The molecule has 0 spiro atoms. The summed E-state index contributed by atoms with van der Waals surface area (Å²) >= 11 is 0. The third-order valence-electron chi connectivity index (χ3n) is 1.29. The summed E-state index contributed by atoms with van der Waals surface area (Å²) in [5, 5.41) is 8.91. The summed E-state index contributed by atoms with van der Waals surface area (Å²) in [6.07, 6.45) is 1.62. The Hall–Kier alpha value is -1.52. The van der Waals surface area contributed by atoms with Gasteiger partial charge in [-0.3, -0.25) is 10.00 Å². The van der Waals surface area contributed by atoms with Crippen molar-refractivity contribution in [2.24, 2.45) is 7.05 Å². The Morgan fingerprint density at radius 3 is 2.91 bits per heavy atom. The molecule has 0 saturated carbocycles. The fourth-order valence-corrected chi connectivity index (χ4v) is 0.675. The van der Waals surface area contributed by atoms with Gasteiger partial charge in [0.05, 0.1) is 6.20 Å². The van der Waals surface area contributed by atoms with Gasteiger partial charge in [0, 0.05) is 20.2 Å². The fourth-order valence-electron chi connectivity index (χ4n) is 0.675. The van der Waals surface area contributed by atoms with Crippen molar-refractivity contribution in [2.45, 2.75) is 0 Å². The van der Waals surface area contributed by atoms with Crippen molar-refractivity contribution in [1.82, 2.24) is 15.1 Å². The molecule has 1 rings (SSSR count). The summed E-state index contributed by atoms with van der Waals surface area (Å²) in [6, 6.07) is 1.48. The Balaban J connectivity index is 2.64. The van der Waals surface area contributed by atoms with Gasteiger partial charge in [0.25, 0.3) is 0 Å². The monoisotopic (exact) mass is 154 g/mol. The Morgan fingerprint density at radius 2 is 2.45 bits per heavy atom. The van der Waals surface area contributed by atoms with Crippen LogP contribution in [0.4, 0.5) is 10.6 Å². The van der Waals surface area contributed by atoms with Crippen LogP contribution in [0.15, 0.2) is 12.3 Å². The third-order valence-corrected chi connectivity index (χ3v) is 1.29. The minimum atomic E-state index is -0.242. The second-order valence-corrected chi connectivity index (χ2v) is 2.04. The molecule has 0 fully saturated rings. The number of hydrogen-bond donors (Lipinski definition) is 2. The third kappa shape index (κ3) is 1.70. The largest absolute Gasteiger partial charge is 0.341 e. The molecule has 0 aliphatic heterocycles. The number of anilines is 1. The summed E-state index contributed by atoms with van der Waals surface area (Å²) in [4.78, 5) is 10.8. The molecular formula is C6H10N4O. The number of rotatable bonds is 1. The van der Waals surface area contributed by atoms with Crippen molar-refractivity contribution in [3.05, 3.63) is 12.3 Å². The van der Waals surface area contributed by atoms with E-state index in [9.17, 15) is 4.79 Å². The molecule has 11 heavy (non-hydrogen) atoms. The van der Waals surface area contributed by atoms with Crippen LogP contribution in [0.3, 0.4) is 0 Å². The first-order valence-electron chi connectivity index (χ1n) is 3.21. The molecule has 60 valence electrons. The van der Waals surface area contributed by atoms with Gasteiger partial charge in [-0.2, -0.15) is 5.10 Å². The molecule has 1 aromatic rings. The van der Waals surface area contributed by atoms with Gasteiger partial charge in [-0.05, 0) is 0 Å². The Morgan fingerprint density at radius 1 is 1.73 bits per heavy atom. The molecular weight excluding hydrogens is 144 g/mol. The molecule has 0 aromatic carbocycles. The van der Waals surface area contributed by atoms with Crippen LogP contribution in [0.1, 0.15) is 0 Å². The maximum Gasteiger partial charge on any atom is 0.320 e. The zero-order valence-corrected chi connectivity index (χ0v) is 6.46. The highest BCUT2D eigenvalue weighted by molar-refractivity contribution is 5.87. The van der Waals surface area contributed by atoms with Crippen LogP contribution in [-0.4, -0.2) is 22.9 Å². The molecule has 0 atom stereocenters. The number of amides is 2. The van der Waals surface area contributed by atoms with Crippen molar-refractivity contribution in [1.29, 1.82) is 0 Å². The van der Waals surface area contributed by atoms with Crippen molar-refractivity contribution in [2.75, 3.05) is 12.4 Å². The van der Waals surface area contributed by atoms with Crippen molar-refractivity contribution in [3.63, 3.8) is 0 Å². The van der Waals surface area contributed by atoms with E-state index in [1.807, 2.05) is 0 Å². The van der Waals surface area contributed by atoms with E-state index < -0.39 is 0 Å². The molecule has 0 unspecified atom stereocenters. The van der Waals surface area contributed by atoms with E-state index in [0.717, 1.165) is 0 Å². The lowest BCUT2D eigenvalue weighted by molar-refractivity contribution is 0.253. The number of carbonyl (C=O) groups is 1. The molecule has 0 saturated heterocycles. The van der Waals surface area contributed by atoms with E-state index in [1.165, 1.54) is 0 Å². The number of nitrogens with zero attached hydrogens (tertiary/aromatic N) is 2. The molecule has 0 bridgehead atoms. The molecule has 2 amide bonds. The van der Waals surface area contributed by atoms with E-state index in [4.69, 9.17) is 0 Å². The predicted molar refractivity (Wildman–Crippen MR) is 41.3 cm³/mol. The number of carbonyl (C=O) groups excluding carboxylic acids is 1. The van der Waals surface area contributed by atoms with Gasteiger partial charge >= 0.3 is 6.03 Å². The first kappa shape index (κ1) is 7.59. The van der Waals surface area contributed by atoms with Crippen LogP contribution in [0.25, 0.3) is 0 Å². The Bertz CT molecular complexity index is 255. The maximum absolute atomic E-state index is 10.8. The lowest BCUT2D eigenvalue weighted by atomic mass is 10.6. The van der Waals surface area contributed by atoms with Crippen LogP contribution < -0.4 is 10.6 Å². The highest BCUT2D eigenvalue weighted by atomic mass is 16.2. The first-order chi connectivity index (χ1) is 5.24. The van der Waals surface area contributed by atoms with Crippen LogP contribution in [-0.2, 0) is 7.05 Å². The highest BCUT2D eigenvalue weighted by Crippen LogP contribution is 2.01. The average molecular weight is 154 g/mol. The summed E-state index contributed by atoms with van der Waals surface area (Å²) in [5.74, 6) is 0.671.